The summed E-state index contributed by atoms with van der Waals surface area (Å²) in [6, 6.07) is 9.45. The fraction of sp³-hybridized carbons (Fsp3) is 0.786. The Bertz CT molecular complexity index is 546. The van der Waals surface area contributed by atoms with Gasteiger partial charge in [-0.05, 0) is 92.6 Å². The third-order valence-corrected chi connectivity index (χ3v) is 8.03. The molecule has 0 N–H and O–H groups in total. The SMILES string of the molecule is CCCCCc1ccc([C@H]2CC[C@H](CC(F)[C@H]3CC[C@H](CCC)CC3)CC2)cc1. The Morgan fingerprint density at radius 3 is 2.07 bits per heavy atom. The highest BCUT2D eigenvalue weighted by atomic mass is 19.1. The zero-order valence-corrected chi connectivity index (χ0v) is 19.2. The van der Waals surface area contributed by atoms with Crippen molar-refractivity contribution in [3.8, 4) is 0 Å². The van der Waals surface area contributed by atoms with Gasteiger partial charge < -0.3 is 0 Å². The number of hydrogen-bond donors (Lipinski definition) is 0. The van der Waals surface area contributed by atoms with Crippen LogP contribution in [0.15, 0.2) is 24.3 Å². The molecule has 2 aliphatic carbocycles. The van der Waals surface area contributed by atoms with E-state index in [1.165, 1.54) is 88.2 Å². The largest absolute Gasteiger partial charge is 0.247 e. The molecule has 0 aromatic heterocycles. The van der Waals surface area contributed by atoms with E-state index in [0.717, 1.165) is 25.2 Å². The van der Waals surface area contributed by atoms with Crippen LogP contribution in [-0.2, 0) is 6.42 Å². The predicted octanol–water partition coefficient (Wildman–Crippen LogP) is 9.03. The van der Waals surface area contributed by atoms with Crippen LogP contribution in [0, 0.1) is 17.8 Å². The van der Waals surface area contributed by atoms with Gasteiger partial charge in [-0.3, -0.25) is 0 Å². The summed E-state index contributed by atoms with van der Waals surface area (Å²) in [6.07, 6.45) is 17.9. The second-order valence-corrected chi connectivity index (χ2v) is 10.2. The van der Waals surface area contributed by atoms with Gasteiger partial charge in [0.25, 0.3) is 0 Å². The smallest absolute Gasteiger partial charge is 0.103 e. The Morgan fingerprint density at radius 2 is 1.45 bits per heavy atom. The fourth-order valence-electron chi connectivity index (χ4n) is 6.02. The molecule has 0 amide bonds. The van der Waals surface area contributed by atoms with Crippen molar-refractivity contribution in [1.82, 2.24) is 0 Å². The Labute approximate surface area is 180 Å². The normalized spacial score (nSPS) is 28.9. The highest BCUT2D eigenvalue weighted by molar-refractivity contribution is 5.26. The molecule has 3 rings (SSSR count). The van der Waals surface area contributed by atoms with E-state index in [9.17, 15) is 4.39 Å². The van der Waals surface area contributed by atoms with Crippen LogP contribution in [0.25, 0.3) is 0 Å². The van der Waals surface area contributed by atoms with E-state index in [-0.39, 0.29) is 0 Å². The average molecular weight is 401 g/mol. The molecule has 0 spiro atoms. The monoisotopic (exact) mass is 400 g/mol. The highest BCUT2D eigenvalue weighted by Crippen LogP contribution is 2.41. The van der Waals surface area contributed by atoms with Crippen molar-refractivity contribution in [2.45, 2.75) is 122 Å². The molecule has 29 heavy (non-hydrogen) atoms. The first-order valence-corrected chi connectivity index (χ1v) is 12.9. The summed E-state index contributed by atoms with van der Waals surface area (Å²) >= 11 is 0. The zero-order valence-electron chi connectivity index (χ0n) is 19.2. The van der Waals surface area contributed by atoms with Crippen LogP contribution in [0.2, 0.25) is 0 Å². The second-order valence-electron chi connectivity index (χ2n) is 10.2. The molecule has 0 radical (unpaired) electrons. The standard InChI is InChI=1S/C28H45F/c1-3-5-6-8-23-9-15-25(16-10-23)26-17-13-24(14-18-26)21-28(29)27-19-11-22(7-4-2)12-20-27/h9-10,15-16,22,24,26-28H,3-8,11-14,17-21H2,1-2H3/t22-,24-,26-,27-,28?. The maximum absolute atomic E-state index is 15.0. The van der Waals surface area contributed by atoms with Crippen molar-refractivity contribution in [3.05, 3.63) is 35.4 Å². The lowest BCUT2D eigenvalue weighted by atomic mass is 9.73. The minimum absolute atomic E-state index is 0.362. The van der Waals surface area contributed by atoms with Crippen LogP contribution >= 0.6 is 0 Å². The summed E-state index contributed by atoms with van der Waals surface area (Å²) in [7, 11) is 0. The minimum Gasteiger partial charge on any atom is -0.247 e. The molecule has 0 heterocycles. The van der Waals surface area contributed by atoms with E-state index in [1.807, 2.05) is 0 Å². The Kier molecular flexibility index (Phi) is 9.53. The molecule has 0 saturated heterocycles. The van der Waals surface area contributed by atoms with E-state index < -0.39 is 6.17 Å². The van der Waals surface area contributed by atoms with Crippen molar-refractivity contribution < 1.29 is 4.39 Å². The van der Waals surface area contributed by atoms with Gasteiger partial charge in [0.15, 0.2) is 0 Å². The van der Waals surface area contributed by atoms with E-state index in [2.05, 4.69) is 38.1 Å². The maximum atomic E-state index is 15.0. The van der Waals surface area contributed by atoms with E-state index in [1.54, 1.807) is 0 Å². The van der Waals surface area contributed by atoms with Gasteiger partial charge >= 0.3 is 0 Å². The number of hydrogen-bond acceptors (Lipinski definition) is 0. The van der Waals surface area contributed by atoms with Crippen LogP contribution in [0.5, 0.6) is 0 Å². The first kappa shape index (κ1) is 22.8. The van der Waals surface area contributed by atoms with Gasteiger partial charge in [0.05, 0.1) is 0 Å². The van der Waals surface area contributed by atoms with Gasteiger partial charge in [0.2, 0.25) is 0 Å². The number of aryl methyl sites for hydroxylation is 1. The molecule has 2 saturated carbocycles. The first-order chi connectivity index (χ1) is 14.2. The van der Waals surface area contributed by atoms with Gasteiger partial charge in [-0.15, -0.1) is 0 Å². The molecule has 1 aromatic carbocycles. The third-order valence-electron chi connectivity index (χ3n) is 8.03. The van der Waals surface area contributed by atoms with Gasteiger partial charge in [0.1, 0.15) is 6.17 Å². The summed E-state index contributed by atoms with van der Waals surface area (Å²) in [5.74, 6) is 2.58. The third kappa shape index (κ3) is 7.11. The van der Waals surface area contributed by atoms with Crippen molar-refractivity contribution in [2.24, 2.45) is 17.8 Å². The molecule has 1 heteroatoms. The lowest BCUT2D eigenvalue weighted by Gasteiger charge is -2.34. The number of unbranched alkanes of at least 4 members (excludes halogenated alkanes) is 2. The second kappa shape index (κ2) is 12.1. The van der Waals surface area contributed by atoms with Gasteiger partial charge in [0, 0.05) is 0 Å². The first-order valence-electron chi connectivity index (χ1n) is 12.9. The molecule has 2 aliphatic rings. The molecule has 0 bridgehead atoms. The molecule has 164 valence electrons. The number of halogens is 1. The summed E-state index contributed by atoms with van der Waals surface area (Å²) in [4.78, 5) is 0. The summed E-state index contributed by atoms with van der Waals surface area (Å²) < 4.78 is 15.0. The predicted molar refractivity (Wildman–Crippen MR) is 124 cm³/mol. The van der Waals surface area contributed by atoms with Crippen LogP contribution in [0.1, 0.15) is 121 Å². The molecule has 0 nitrogen and oxygen atoms in total. The quantitative estimate of drug-likeness (QED) is 0.344. The average Bonchev–Trinajstić information content (AvgIpc) is 2.76. The van der Waals surface area contributed by atoms with Crippen molar-refractivity contribution in [1.29, 1.82) is 0 Å². The van der Waals surface area contributed by atoms with Crippen LogP contribution in [0.3, 0.4) is 0 Å². The van der Waals surface area contributed by atoms with Crippen molar-refractivity contribution in [2.75, 3.05) is 0 Å². The Morgan fingerprint density at radius 1 is 0.793 bits per heavy atom. The number of benzene rings is 1. The summed E-state index contributed by atoms with van der Waals surface area (Å²) in [5.41, 5.74) is 3.01. The summed E-state index contributed by atoms with van der Waals surface area (Å²) in [6.45, 7) is 4.55. The maximum Gasteiger partial charge on any atom is 0.103 e. The van der Waals surface area contributed by atoms with Gasteiger partial charge in [-0.2, -0.15) is 0 Å². The van der Waals surface area contributed by atoms with Crippen LogP contribution in [0.4, 0.5) is 4.39 Å². The van der Waals surface area contributed by atoms with Gasteiger partial charge in [-0.1, -0.05) is 76.6 Å². The number of alkyl halides is 1. The molecule has 1 unspecified atom stereocenters. The Hall–Kier alpha value is -0.850. The Balaban J connectivity index is 1.38. The van der Waals surface area contributed by atoms with Crippen molar-refractivity contribution in [3.63, 3.8) is 0 Å². The van der Waals surface area contributed by atoms with Gasteiger partial charge in [-0.25, -0.2) is 4.39 Å². The lowest BCUT2D eigenvalue weighted by Crippen LogP contribution is -2.26. The van der Waals surface area contributed by atoms with E-state index >= 15 is 0 Å². The molecular formula is C28H45F. The number of rotatable bonds is 10. The summed E-state index contributed by atoms with van der Waals surface area (Å²) in [5, 5.41) is 0. The molecular weight excluding hydrogens is 355 g/mol. The van der Waals surface area contributed by atoms with Crippen LogP contribution < -0.4 is 0 Å². The topological polar surface area (TPSA) is 0 Å². The lowest BCUT2D eigenvalue weighted by molar-refractivity contribution is 0.118. The molecule has 0 aliphatic heterocycles. The minimum atomic E-state index is -0.540. The zero-order chi connectivity index (χ0) is 20.5. The molecule has 1 aromatic rings. The van der Waals surface area contributed by atoms with E-state index in [0.29, 0.717) is 17.8 Å². The van der Waals surface area contributed by atoms with Crippen molar-refractivity contribution >= 4 is 0 Å². The fourth-order valence-corrected chi connectivity index (χ4v) is 6.02. The highest BCUT2D eigenvalue weighted by Gasteiger charge is 2.31. The van der Waals surface area contributed by atoms with Crippen LogP contribution in [-0.4, -0.2) is 6.17 Å². The van der Waals surface area contributed by atoms with E-state index in [4.69, 9.17) is 0 Å². The molecule has 1 atom stereocenters. The molecule has 2 fully saturated rings.